The van der Waals surface area contributed by atoms with Crippen LogP contribution in [0.4, 0.5) is 4.79 Å². The number of ether oxygens (including phenoxy) is 2. The van der Waals surface area contributed by atoms with Crippen LogP contribution in [0.1, 0.15) is 17.5 Å². The highest BCUT2D eigenvalue weighted by molar-refractivity contribution is 9.10. The first-order chi connectivity index (χ1) is 15.6. The number of methoxy groups -OCH3 is 1. The summed E-state index contributed by atoms with van der Waals surface area (Å²) in [5, 5.41) is 2.11. The van der Waals surface area contributed by atoms with Gasteiger partial charge in [0.15, 0.2) is 0 Å². The lowest BCUT2D eigenvalue weighted by molar-refractivity contribution is -0.122. The molecule has 0 spiro atoms. The summed E-state index contributed by atoms with van der Waals surface area (Å²) in [6, 6.07) is 20.0. The predicted molar refractivity (Wildman–Crippen MR) is 132 cm³/mol. The Balaban J connectivity index is 1.45. The summed E-state index contributed by atoms with van der Waals surface area (Å²) in [5.41, 5.74) is 1.93. The van der Waals surface area contributed by atoms with Gasteiger partial charge in [0.05, 0.1) is 9.38 Å². The molecule has 0 aliphatic carbocycles. The molecule has 32 heavy (non-hydrogen) atoms. The van der Waals surface area contributed by atoms with Gasteiger partial charge in [-0.3, -0.25) is 14.5 Å². The van der Waals surface area contributed by atoms with Crippen LogP contribution >= 0.6 is 27.7 Å². The van der Waals surface area contributed by atoms with Crippen LogP contribution in [0.3, 0.4) is 0 Å². The Kier molecular flexibility index (Phi) is 7.29. The fraction of sp³-hybridized carbons (Fsp3) is 0.200. The number of nitrogens with zero attached hydrogens (tertiary/aromatic N) is 1. The van der Waals surface area contributed by atoms with Crippen molar-refractivity contribution in [1.82, 2.24) is 4.90 Å². The number of benzene rings is 3. The zero-order chi connectivity index (χ0) is 22.5. The average Bonchev–Trinajstić information content (AvgIpc) is 3.06. The molecule has 0 N–H and O–H groups in total. The Morgan fingerprint density at radius 1 is 1.06 bits per heavy atom. The van der Waals surface area contributed by atoms with E-state index in [1.807, 2.05) is 36.4 Å². The average molecular weight is 512 g/mol. The molecule has 0 saturated carbocycles. The van der Waals surface area contributed by atoms with Crippen molar-refractivity contribution in [1.29, 1.82) is 0 Å². The van der Waals surface area contributed by atoms with E-state index in [9.17, 15) is 9.59 Å². The molecule has 1 heterocycles. The molecule has 0 bridgehead atoms. The molecule has 0 aromatic heterocycles. The van der Waals surface area contributed by atoms with Crippen molar-refractivity contribution >= 4 is 55.7 Å². The largest absolute Gasteiger partial charge is 0.488 e. The van der Waals surface area contributed by atoms with Crippen LogP contribution < -0.4 is 4.74 Å². The van der Waals surface area contributed by atoms with Gasteiger partial charge in [0, 0.05) is 20.3 Å². The molecule has 3 aromatic carbocycles. The third kappa shape index (κ3) is 5.06. The van der Waals surface area contributed by atoms with Crippen molar-refractivity contribution in [2.75, 3.05) is 20.3 Å². The predicted octanol–water partition coefficient (Wildman–Crippen LogP) is 6.25. The van der Waals surface area contributed by atoms with Crippen LogP contribution in [-0.4, -0.2) is 36.3 Å². The molecular formula is C25H22BrNO4S. The van der Waals surface area contributed by atoms with E-state index >= 15 is 0 Å². The van der Waals surface area contributed by atoms with Gasteiger partial charge >= 0.3 is 0 Å². The molecule has 3 aromatic rings. The van der Waals surface area contributed by atoms with Crippen molar-refractivity contribution < 1.29 is 19.1 Å². The molecule has 0 radical (unpaired) electrons. The normalized spacial score (nSPS) is 15.2. The van der Waals surface area contributed by atoms with E-state index in [4.69, 9.17) is 9.47 Å². The summed E-state index contributed by atoms with van der Waals surface area (Å²) in [6.07, 6.45) is 2.36. The second-order valence-corrected chi connectivity index (χ2v) is 9.14. The minimum absolute atomic E-state index is 0.244. The van der Waals surface area contributed by atoms with Gasteiger partial charge in [0.25, 0.3) is 11.1 Å². The summed E-state index contributed by atoms with van der Waals surface area (Å²) in [7, 11) is 1.60. The number of rotatable bonds is 8. The van der Waals surface area contributed by atoms with Crippen LogP contribution in [0.25, 0.3) is 16.8 Å². The maximum Gasteiger partial charge on any atom is 0.293 e. The minimum atomic E-state index is -0.261. The summed E-state index contributed by atoms with van der Waals surface area (Å²) in [6.45, 7) is 1.31. The van der Waals surface area contributed by atoms with Gasteiger partial charge in [-0.2, -0.15) is 0 Å². The molecule has 1 fully saturated rings. The first kappa shape index (κ1) is 22.6. The lowest BCUT2D eigenvalue weighted by Crippen LogP contribution is -2.29. The second-order valence-electron chi connectivity index (χ2n) is 7.30. The number of thioether (sulfide) groups is 1. The van der Waals surface area contributed by atoms with Crippen LogP contribution in [0, 0.1) is 0 Å². The van der Waals surface area contributed by atoms with E-state index in [0.29, 0.717) is 36.8 Å². The van der Waals surface area contributed by atoms with E-state index in [-0.39, 0.29) is 11.1 Å². The zero-order valence-electron chi connectivity index (χ0n) is 17.5. The standard InChI is InChI=1S/C25H22BrNO4S/c1-30-13-5-12-27-24(28)23(32-25(27)29)15-17-10-11-22(21(26)14-17)31-16-19-8-4-7-18-6-2-3-9-20(18)19/h2-4,6-11,14-15H,5,12-13,16H2,1H3/b23-15+. The van der Waals surface area contributed by atoms with Gasteiger partial charge in [-0.15, -0.1) is 0 Å². The maximum absolute atomic E-state index is 12.6. The van der Waals surface area contributed by atoms with Crippen molar-refractivity contribution in [2.24, 2.45) is 0 Å². The summed E-state index contributed by atoms with van der Waals surface area (Å²) >= 11 is 4.53. The number of imide groups is 1. The number of amides is 2. The van der Waals surface area contributed by atoms with Gasteiger partial charge in [-0.1, -0.05) is 48.5 Å². The Morgan fingerprint density at radius 3 is 2.69 bits per heavy atom. The zero-order valence-corrected chi connectivity index (χ0v) is 19.9. The quantitative estimate of drug-likeness (QED) is 0.264. The number of halogens is 1. The second kappa shape index (κ2) is 10.3. The van der Waals surface area contributed by atoms with E-state index in [1.54, 1.807) is 13.2 Å². The minimum Gasteiger partial charge on any atom is -0.488 e. The summed E-state index contributed by atoms with van der Waals surface area (Å²) in [4.78, 5) is 26.4. The third-order valence-corrected chi connectivity index (χ3v) is 6.65. The topological polar surface area (TPSA) is 55.8 Å². The van der Waals surface area contributed by atoms with Crippen LogP contribution in [0.15, 0.2) is 70.0 Å². The number of carbonyl (C=O) groups is 2. The maximum atomic E-state index is 12.6. The van der Waals surface area contributed by atoms with Crippen LogP contribution in [0.2, 0.25) is 0 Å². The Hall–Kier alpha value is -2.61. The molecule has 1 saturated heterocycles. The molecular weight excluding hydrogens is 490 g/mol. The first-order valence-electron chi connectivity index (χ1n) is 10.2. The van der Waals surface area contributed by atoms with E-state index in [1.165, 1.54) is 15.7 Å². The molecule has 7 heteroatoms. The van der Waals surface area contributed by atoms with E-state index in [2.05, 4.69) is 40.2 Å². The summed E-state index contributed by atoms with van der Waals surface area (Å²) < 4.78 is 11.8. The van der Waals surface area contributed by atoms with Crippen LogP contribution in [0.5, 0.6) is 5.75 Å². The number of carbonyl (C=O) groups excluding carboxylic acids is 2. The number of fused-ring (bicyclic) bond motifs is 1. The Morgan fingerprint density at radius 2 is 1.88 bits per heavy atom. The Labute approximate surface area is 199 Å². The Bertz CT molecular complexity index is 1190. The third-order valence-electron chi connectivity index (χ3n) is 5.12. The molecule has 0 atom stereocenters. The molecule has 5 nitrogen and oxygen atoms in total. The fourth-order valence-electron chi connectivity index (χ4n) is 3.51. The van der Waals surface area contributed by atoms with E-state index in [0.717, 1.165) is 27.4 Å². The number of hydrogen-bond donors (Lipinski definition) is 0. The monoisotopic (exact) mass is 511 g/mol. The highest BCUT2D eigenvalue weighted by Gasteiger charge is 2.34. The molecule has 4 rings (SSSR count). The van der Waals surface area contributed by atoms with Crippen molar-refractivity contribution in [3.8, 4) is 5.75 Å². The van der Waals surface area contributed by atoms with E-state index < -0.39 is 0 Å². The fourth-order valence-corrected chi connectivity index (χ4v) is 4.88. The summed E-state index contributed by atoms with van der Waals surface area (Å²) in [5.74, 6) is 0.450. The lowest BCUT2D eigenvalue weighted by Gasteiger charge is -2.12. The number of hydrogen-bond acceptors (Lipinski definition) is 5. The lowest BCUT2D eigenvalue weighted by atomic mass is 10.1. The smallest absolute Gasteiger partial charge is 0.293 e. The van der Waals surface area contributed by atoms with Crippen LogP contribution in [-0.2, 0) is 16.1 Å². The van der Waals surface area contributed by atoms with Crippen molar-refractivity contribution in [3.63, 3.8) is 0 Å². The highest BCUT2D eigenvalue weighted by Crippen LogP contribution is 2.34. The molecule has 1 aliphatic heterocycles. The van der Waals surface area contributed by atoms with Crippen molar-refractivity contribution in [3.05, 3.63) is 81.2 Å². The van der Waals surface area contributed by atoms with Gasteiger partial charge in [-0.05, 0) is 74.2 Å². The molecule has 0 unspecified atom stereocenters. The molecule has 164 valence electrons. The van der Waals surface area contributed by atoms with Gasteiger partial charge in [0.2, 0.25) is 0 Å². The molecule has 2 amide bonds. The molecule has 1 aliphatic rings. The first-order valence-corrected chi connectivity index (χ1v) is 11.8. The van der Waals surface area contributed by atoms with Gasteiger partial charge in [0.1, 0.15) is 12.4 Å². The van der Waals surface area contributed by atoms with Crippen molar-refractivity contribution in [2.45, 2.75) is 13.0 Å². The SMILES string of the molecule is COCCCN1C(=O)S/C(=C/c2ccc(OCc3cccc4ccccc34)c(Br)c2)C1=O. The van der Waals surface area contributed by atoms with Gasteiger partial charge in [-0.25, -0.2) is 0 Å². The van der Waals surface area contributed by atoms with Gasteiger partial charge < -0.3 is 9.47 Å². The highest BCUT2D eigenvalue weighted by atomic mass is 79.9.